The normalized spacial score (nSPS) is 31.1. The number of ether oxygens (including phenoxy) is 3. The molecular weight excluding hydrogens is 604 g/mol. The van der Waals surface area contributed by atoms with E-state index in [1.54, 1.807) is 0 Å². The lowest BCUT2D eigenvalue weighted by molar-refractivity contribution is -0.158. The number of carbonyl (C=O) groups excluding carboxylic acids is 4. The van der Waals surface area contributed by atoms with Crippen molar-refractivity contribution in [3.8, 4) is 0 Å². The third-order valence-electron chi connectivity index (χ3n) is 12.5. The van der Waals surface area contributed by atoms with Crippen LogP contribution in [0.1, 0.15) is 103 Å². The minimum Gasteiger partial charge on any atom is -0.455 e. The number of ketones is 2. The molecule has 6 rings (SSSR count). The molecule has 258 valence electrons. The van der Waals surface area contributed by atoms with E-state index >= 15 is 0 Å². The highest BCUT2D eigenvalue weighted by atomic mass is 16.7. The van der Waals surface area contributed by atoms with E-state index in [-0.39, 0.29) is 34.9 Å². The molecule has 7 heteroatoms. The van der Waals surface area contributed by atoms with E-state index in [1.165, 1.54) is 30.9 Å². The lowest BCUT2D eigenvalue weighted by Crippen LogP contribution is -2.46. The van der Waals surface area contributed by atoms with Gasteiger partial charge < -0.3 is 14.2 Å². The maximum Gasteiger partial charge on any atom is 0.509 e. The molecule has 0 heterocycles. The molecule has 0 aromatic heterocycles. The van der Waals surface area contributed by atoms with Crippen molar-refractivity contribution in [1.82, 2.24) is 0 Å². The Morgan fingerprint density at radius 1 is 0.979 bits per heavy atom. The number of hydrogen-bond donors (Lipinski definition) is 0. The van der Waals surface area contributed by atoms with Gasteiger partial charge in [0.25, 0.3) is 0 Å². The van der Waals surface area contributed by atoms with E-state index in [2.05, 4.69) is 26.0 Å². The van der Waals surface area contributed by atoms with Crippen molar-refractivity contribution in [3.63, 3.8) is 0 Å². The van der Waals surface area contributed by atoms with Gasteiger partial charge in [-0.3, -0.25) is 9.59 Å². The zero-order chi connectivity index (χ0) is 33.9. The minimum absolute atomic E-state index is 0.0405. The Morgan fingerprint density at radius 3 is 2.52 bits per heavy atom. The smallest absolute Gasteiger partial charge is 0.455 e. The number of esters is 1. The highest BCUT2D eigenvalue weighted by Gasteiger charge is 2.57. The van der Waals surface area contributed by atoms with Gasteiger partial charge in [0.15, 0.2) is 17.7 Å². The van der Waals surface area contributed by atoms with Crippen LogP contribution in [-0.2, 0) is 35.0 Å². The van der Waals surface area contributed by atoms with Crippen molar-refractivity contribution in [2.75, 3.05) is 6.61 Å². The average Bonchev–Trinajstić information content (AvgIpc) is 3.73. The number of fused-ring (bicyclic) bond motifs is 5. The summed E-state index contributed by atoms with van der Waals surface area (Å²) in [6.45, 7) is 5.66. The van der Waals surface area contributed by atoms with Gasteiger partial charge in [0, 0.05) is 17.8 Å². The van der Waals surface area contributed by atoms with Gasteiger partial charge in [0.1, 0.15) is 12.7 Å². The van der Waals surface area contributed by atoms with Crippen molar-refractivity contribution in [1.29, 1.82) is 0 Å². The molecule has 3 fully saturated rings. The maximum absolute atomic E-state index is 13.6. The molecule has 3 saturated carbocycles. The summed E-state index contributed by atoms with van der Waals surface area (Å²) in [6.07, 6.45) is 17.9. The molecular formula is C41H52O7. The molecule has 0 spiro atoms. The molecule has 1 aromatic carbocycles. The fraction of sp³-hybridized carbons (Fsp3) is 0.610. The maximum atomic E-state index is 13.6. The third kappa shape index (κ3) is 7.25. The van der Waals surface area contributed by atoms with E-state index in [0.29, 0.717) is 30.6 Å². The van der Waals surface area contributed by atoms with Gasteiger partial charge in [-0.05, 0) is 112 Å². The molecule has 0 radical (unpaired) electrons. The molecule has 5 aliphatic carbocycles. The number of benzene rings is 1. The predicted octanol–water partition coefficient (Wildman–Crippen LogP) is 8.46. The lowest BCUT2D eigenvalue weighted by atomic mass is 9.51. The van der Waals surface area contributed by atoms with Crippen LogP contribution in [0.25, 0.3) is 0 Å². The van der Waals surface area contributed by atoms with Crippen LogP contribution in [0.4, 0.5) is 4.79 Å². The van der Waals surface area contributed by atoms with Crippen molar-refractivity contribution in [2.24, 2.45) is 34.5 Å². The first-order chi connectivity index (χ1) is 23.1. The summed E-state index contributed by atoms with van der Waals surface area (Å²) >= 11 is 0. The summed E-state index contributed by atoms with van der Waals surface area (Å²) in [5, 5.41) is 0. The Morgan fingerprint density at radius 2 is 1.75 bits per heavy atom. The molecule has 0 amide bonds. The first-order valence-corrected chi connectivity index (χ1v) is 18.3. The SMILES string of the molecule is C[C@@H](OC(=O)O[C@H](/C=C/C1CCCC1)CCc1ccccc1)C(=O)OCC(=O)C1CCC2C3CCC4=CC(=O)CCC4(C)C3=CCC12C. The van der Waals surface area contributed by atoms with Crippen LogP contribution in [0.3, 0.4) is 0 Å². The van der Waals surface area contributed by atoms with E-state index in [4.69, 9.17) is 14.2 Å². The first kappa shape index (κ1) is 34.4. The number of aryl methyl sites for hydroxylation is 1. The van der Waals surface area contributed by atoms with Gasteiger partial charge >= 0.3 is 12.1 Å². The summed E-state index contributed by atoms with van der Waals surface area (Å²) in [5.74, 6) is 0.553. The van der Waals surface area contributed by atoms with Crippen molar-refractivity contribution < 1.29 is 33.4 Å². The molecule has 5 aliphatic rings. The summed E-state index contributed by atoms with van der Waals surface area (Å²) in [4.78, 5) is 51.4. The Bertz CT molecular complexity index is 1470. The molecule has 0 aliphatic heterocycles. The van der Waals surface area contributed by atoms with Crippen molar-refractivity contribution in [3.05, 3.63) is 71.3 Å². The Balaban J connectivity index is 1.01. The second-order valence-corrected chi connectivity index (χ2v) is 15.4. The van der Waals surface area contributed by atoms with Gasteiger partial charge in [0.2, 0.25) is 0 Å². The number of rotatable bonds is 11. The molecule has 0 N–H and O–H groups in total. The fourth-order valence-electron chi connectivity index (χ4n) is 9.67. The second-order valence-electron chi connectivity index (χ2n) is 15.4. The quantitative estimate of drug-likeness (QED) is 0.174. The molecule has 0 bridgehead atoms. The van der Waals surface area contributed by atoms with Crippen LogP contribution < -0.4 is 0 Å². The van der Waals surface area contributed by atoms with Crippen LogP contribution >= 0.6 is 0 Å². The predicted molar refractivity (Wildman–Crippen MR) is 183 cm³/mol. The topological polar surface area (TPSA) is 96.0 Å². The number of Topliss-reactive ketones (excluding diaryl/α,β-unsaturated/α-hetero) is 1. The monoisotopic (exact) mass is 656 g/mol. The summed E-state index contributed by atoms with van der Waals surface area (Å²) < 4.78 is 16.4. The highest BCUT2D eigenvalue weighted by Crippen LogP contribution is 2.64. The van der Waals surface area contributed by atoms with Gasteiger partial charge in [-0.1, -0.05) is 80.3 Å². The highest BCUT2D eigenvalue weighted by molar-refractivity contribution is 5.92. The zero-order valence-electron chi connectivity index (χ0n) is 28.9. The largest absolute Gasteiger partial charge is 0.509 e. The first-order valence-electron chi connectivity index (χ1n) is 18.3. The minimum atomic E-state index is -1.20. The second kappa shape index (κ2) is 14.6. The van der Waals surface area contributed by atoms with Gasteiger partial charge in [-0.25, -0.2) is 9.59 Å². The Kier molecular flexibility index (Phi) is 10.4. The van der Waals surface area contributed by atoms with E-state index in [0.717, 1.165) is 63.4 Å². The number of carbonyl (C=O) groups is 4. The Labute approximate surface area is 285 Å². The number of hydrogen-bond acceptors (Lipinski definition) is 7. The van der Waals surface area contributed by atoms with Gasteiger partial charge in [0.05, 0.1) is 0 Å². The van der Waals surface area contributed by atoms with Crippen LogP contribution in [0.5, 0.6) is 0 Å². The summed E-state index contributed by atoms with van der Waals surface area (Å²) in [7, 11) is 0. The van der Waals surface area contributed by atoms with Crippen LogP contribution in [0, 0.1) is 34.5 Å². The lowest BCUT2D eigenvalue weighted by Gasteiger charge is -2.53. The molecule has 5 unspecified atom stereocenters. The Hall–Kier alpha value is -3.48. The van der Waals surface area contributed by atoms with Crippen LogP contribution in [0.15, 0.2) is 65.8 Å². The molecule has 7 nitrogen and oxygen atoms in total. The van der Waals surface area contributed by atoms with Gasteiger partial charge in [-0.15, -0.1) is 0 Å². The third-order valence-corrected chi connectivity index (χ3v) is 12.5. The number of allylic oxidation sites excluding steroid dienone is 5. The average molecular weight is 657 g/mol. The van der Waals surface area contributed by atoms with E-state index in [1.807, 2.05) is 42.5 Å². The standard InChI is InChI=1S/C41H52O7/c1-27(47-39(45)48-32(17-14-29-11-7-8-12-29)16-13-28-9-5-4-6-10-28)38(44)46-26-37(43)36-20-19-34-33-18-15-30-25-31(42)21-23-40(30,2)35(33)22-24-41(34,36)3/h4-6,9-10,14,17,22,25,27,29,32-34,36H,7-8,11-13,15-16,18-21,23-24,26H2,1-3H3/b17-14+/t27-,32+,33?,34?,36?,40?,41?/m1/s1. The van der Waals surface area contributed by atoms with E-state index < -0.39 is 24.3 Å². The van der Waals surface area contributed by atoms with Gasteiger partial charge in [-0.2, -0.15) is 0 Å². The van der Waals surface area contributed by atoms with Crippen LogP contribution in [-0.4, -0.2) is 42.5 Å². The summed E-state index contributed by atoms with van der Waals surface area (Å²) in [5.41, 5.74) is 3.69. The molecule has 1 aromatic rings. The summed E-state index contributed by atoms with van der Waals surface area (Å²) in [6, 6.07) is 10.1. The molecule has 0 saturated heterocycles. The zero-order valence-corrected chi connectivity index (χ0v) is 28.9. The molecule has 48 heavy (non-hydrogen) atoms. The molecule has 7 atom stereocenters. The van der Waals surface area contributed by atoms with E-state index in [9.17, 15) is 19.2 Å². The van der Waals surface area contributed by atoms with Crippen molar-refractivity contribution >= 4 is 23.7 Å². The van der Waals surface area contributed by atoms with Crippen LogP contribution in [0.2, 0.25) is 0 Å². The fourth-order valence-corrected chi connectivity index (χ4v) is 9.67. The van der Waals surface area contributed by atoms with Crippen molar-refractivity contribution in [2.45, 2.75) is 116 Å².